The normalized spacial score (nSPS) is 17.9. The molecule has 1 aromatic carbocycles. The Labute approximate surface area is 125 Å². The van der Waals surface area contributed by atoms with E-state index in [1.807, 2.05) is 18.2 Å². The van der Waals surface area contributed by atoms with Gasteiger partial charge in [0, 0.05) is 26.7 Å². The molecule has 0 amide bonds. The Hall–Kier alpha value is -1.79. The van der Waals surface area contributed by atoms with E-state index in [4.69, 9.17) is 20.4 Å². The molecular formula is C15H23N3O3. The van der Waals surface area contributed by atoms with Gasteiger partial charge < -0.3 is 20.4 Å². The van der Waals surface area contributed by atoms with Gasteiger partial charge in [-0.3, -0.25) is 4.90 Å². The zero-order valence-corrected chi connectivity index (χ0v) is 12.6. The van der Waals surface area contributed by atoms with Crippen LogP contribution in [0.4, 0.5) is 0 Å². The fraction of sp³-hybridized carbons (Fsp3) is 0.533. The van der Waals surface area contributed by atoms with Crippen molar-refractivity contribution in [2.45, 2.75) is 25.5 Å². The molecule has 116 valence electrons. The smallest absolute Gasteiger partial charge is 0.173 e. The summed E-state index contributed by atoms with van der Waals surface area (Å²) in [5.41, 5.74) is 7.38. The molecule has 2 rings (SSSR count). The average Bonchev–Trinajstić information content (AvgIpc) is 2.54. The van der Waals surface area contributed by atoms with E-state index in [0.717, 1.165) is 38.0 Å². The van der Waals surface area contributed by atoms with Crippen LogP contribution >= 0.6 is 0 Å². The fourth-order valence-electron chi connectivity index (χ4n) is 2.66. The molecule has 1 aromatic rings. The van der Waals surface area contributed by atoms with E-state index in [1.54, 1.807) is 14.2 Å². The van der Waals surface area contributed by atoms with Crippen molar-refractivity contribution < 1.29 is 14.7 Å². The summed E-state index contributed by atoms with van der Waals surface area (Å²) in [6.07, 6.45) is 2.52. The van der Waals surface area contributed by atoms with Gasteiger partial charge in [0.2, 0.25) is 0 Å². The van der Waals surface area contributed by atoms with Crippen molar-refractivity contribution in [3.8, 4) is 5.75 Å². The second kappa shape index (κ2) is 7.28. The van der Waals surface area contributed by atoms with E-state index in [2.05, 4.69) is 10.1 Å². The summed E-state index contributed by atoms with van der Waals surface area (Å²) in [6, 6.07) is 5.75. The van der Waals surface area contributed by atoms with Crippen LogP contribution in [0, 0.1) is 0 Å². The van der Waals surface area contributed by atoms with Crippen LogP contribution in [0.25, 0.3) is 0 Å². The van der Waals surface area contributed by atoms with Gasteiger partial charge in [-0.15, -0.1) is 0 Å². The van der Waals surface area contributed by atoms with Gasteiger partial charge in [-0.25, -0.2) is 0 Å². The second-order valence-electron chi connectivity index (χ2n) is 5.23. The molecule has 6 nitrogen and oxygen atoms in total. The number of piperidine rings is 1. The maximum Gasteiger partial charge on any atom is 0.173 e. The minimum Gasteiger partial charge on any atom is -0.496 e. The first-order valence-corrected chi connectivity index (χ1v) is 7.08. The molecule has 0 aromatic heterocycles. The lowest BCUT2D eigenvalue weighted by atomic mass is 10.1. The number of amidine groups is 1. The second-order valence-corrected chi connectivity index (χ2v) is 5.23. The van der Waals surface area contributed by atoms with Gasteiger partial charge in [-0.1, -0.05) is 11.2 Å². The maximum absolute atomic E-state index is 8.77. The lowest BCUT2D eigenvalue weighted by Crippen LogP contribution is -2.36. The minimum absolute atomic E-state index is 0.0549. The SMILES string of the molecule is COc1cc(CN2CCC(OC)CC2)ccc1/C(N)=N/O. The van der Waals surface area contributed by atoms with Gasteiger partial charge in [0.25, 0.3) is 0 Å². The van der Waals surface area contributed by atoms with Crippen molar-refractivity contribution in [1.82, 2.24) is 4.90 Å². The standard InChI is InChI=1S/C15H23N3O3/c1-20-12-5-7-18(8-6-12)10-11-3-4-13(15(16)17-19)14(9-11)21-2/h3-4,9,12,19H,5-8,10H2,1-2H3,(H2,16,17). The van der Waals surface area contributed by atoms with Crippen LogP contribution in [0.2, 0.25) is 0 Å². The number of benzene rings is 1. The first-order valence-electron chi connectivity index (χ1n) is 7.08. The molecule has 1 heterocycles. The highest BCUT2D eigenvalue weighted by molar-refractivity contribution is 5.99. The number of rotatable bonds is 5. The third-order valence-electron chi connectivity index (χ3n) is 3.92. The summed E-state index contributed by atoms with van der Waals surface area (Å²) in [5, 5.41) is 11.8. The Morgan fingerprint density at radius 2 is 2.10 bits per heavy atom. The monoisotopic (exact) mass is 293 g/mol. The molecule has 21 heavy (non-hydrogen) atoms. The van der Waals surface area contributed by atoms with E-state index in [1.165, 1.54) is 0 Å². The zero-order chi connectivity index (χ0) is 15.2. The first kappa shape index (κ1) is 15.6. The Morgan fingerprint density at radius 1 is 1.38 bits per heavy atom. The van der Waals surface area contributed by atoms with Crippen molar-refractivity contribution in [3.63, 3.8) is 0 Å². The molecule has 1 aliphatic heterocycles. The number of oxime groups is 1. The number of hydrogen-bond donors (Lipinski definition) is 2. The maximum atomic E-state index is 8.77. The first-order chi connectivity index (χ1) is 10.2. The fourth-order valence-corrected chi connectivity index (χ4v) is 2.66. The number of nitrogens with two attached hydrogens (primary N) is 1. The molecule has 0 saturated carbocycles. The molecule has 3 N–H and O–H groups in total. The molecule has 0 spiro atoms. The molecule has 0 radical (unpaired) electrons. The van der Waals surface area contributed by atoms with Crippen LogP contribution in [-0.4, -0.2) is 49.4 Å². The summed E-state index contributed by atoms with van der Waals surface area (Å²) < 4.78 is 10.7. The van der Waals surface area contributed by atoms with Gasteiger partial charge >= 0.3 is 0 Å². The zero-order valence-electron chi connectivity index (χ0n) is 12.6. The minimum atomic E-state index is 0.0549. The van der Waals surface area contributed by atoms with Crippen LogP contribution in [0.5, 0.6) is 5.75 Å². The Bertz CT molecular complexity index is 497. The number of likely N-dealkylation sites (tertiary alicyclic amines) is 1. The Kier molecular flexibility index (Phi) is 5.41. The van der Waals surface area contributed by atoms with Gasteiger partial charge in [0.1, 0.15) is 5.75 Å². The van der Waals surface area contributed by atoms with Gasteiger partial charge in [-0.05, 0) is 30.5 Å². The van der Waals surface area contributed by atoms with E-state index < -0.39 is 0 Å². The molecule has 0 bridgehead atoms. The van der Waals surface area contributed by atoms with Crippen molar-refractivity contribution >= 4 is 5.84 Å². The Balaban J connectivity index is 2.04. The van der Waals surface area contributed by atoms with Gasteiger partial charge in [-0.2, -0.15) is 0 Å². The van der Waals surface area contributed by atoms with E-state index in [9.17, 15) is 0 Å². The number of ether oxygens (including phenoxy) is 2. The van der Waals surface area contributed by atoms with Crippen molar-refractivity contribution in [3.05, 3.63) is 29.3 Å². The highest BCUT2D eigenvalue weighted by Gasteiger charge is 2.19. The Morgan fingerprint density at radius 3 is 2.67 bits per heavy atom. The van der Waals surface area contributed by atoms with E-state index in [-0.39, 0.29) is 5.84 Å². The molecule has 1 saturated heterocycles. The van der Waals surface area contributed by atoms with Crippen molar-refractivity contribution in [2.75, 3.05) is 27.3 Å². The lowest BCUT2D eigenvalue weighted by molar-refractivity contribution is 0.0388. The third kappa shape index (κ3) is 3.86. The number of nitrogens with zero attached hydrogens (tertiary/aromatic N) is 2. The molecule has 0 unspecified atom stereocenters. The lowest BCUT2D eigenvalue weighted by Gasteiger charge is -2.31. The quantitative estimate of drug-likeness (QED) is 0.371. The third-order valence-corrected chi connectivity index (χ3v) is 3.92. The van der Waals surface area contributed by atoms with Crippen molar-refractivity contribution in [2.24, 2.45) is 10.9 Å². The molecule has 1 aliphatic rings. The van der Waals surface area contributed by atoms with Crippen LogP contribution < -0.4 is 10.5 Å². The van der Waals surface area contributed by atoms with Crippen LogP contribution in [0.15, 0.2) is 23.4 Å². The summed E-state index contributed by atoms with van der Waals surface area (Å²) in [4.78, 5) is 2.40. The highest BCUT2D eigenvalue weighted by Crippen LogP contribution is 2.22. The highest BCUT2D eigenvalue weighted by atomic mass is 16.5. The van der Waals surface area contributed by atoms with Crippen LogP contribution in [0.1, 0.15) is 24.0 Å². The largest absolute Gasteiger partial charge is 0.496 e. The summed E-state index contributed by atoms with van der Waals surface area (Å²) in [6.45, 7) is 2.93. The topological polar surface area (TPSA) is 80.3 Å². The van der Waals surface area contributed by atoms with Gasteiger partial charge in [0.15, 0.2) is 5.84 Å². The molecule has 0 aliphatic carbocycles. The molecule has 6 heteroatoms. The predicted octanol–water partition coefficient (Wildman–Crippen LogP) is 1.40. The summed E-state index contributed by atoms with van der Waals surface area (Å²) in [7, 11) is 3.36. The molecular weight excluding hydrogens is 270 g/mol. The van der Waals surface area contributed by atoms with E-state index >= 15 is 0 Å². The van der Waals surface area contributed by atoms with Crippen LogP contribution in [-0.2, 0) is 11.3 Å². The van der Waals surface area contributed by atoms with Crippen molar-refractivity contribution in [1.29, 1.82) is 0 Å². The average molecular weight is 293 g/mol. The number of hydrogen-bond acceptors (Lipinski definition) is 5. The van der Waals surface area contributed by atoms with Crippen LogP contribution in [0.3, 0.4) is 0 Å². The number of methoxy groups -OCH3 is 2. The molecule has 0 atom stereocenters. The predicted molar refractivity (Wildman–Crippen MR) is 80.8 cm³/mol. The van der Waals surface area contributed by atoms with E-state index in [0.29, 0.717) is 17.4 Å². The molecule has 1 fully saturated rings. The van der Waals surface area contributed by atoms with Gasteiger partial charge in [0.05, 0.1) is 18.8 Å². The summed E-state index contributed by atoms with van der Waals surface area (Å²) in [5.74, 6) is 0.675. The summed E-state index contributed by atoms with van der Waals surface area (Å²) >= 11 is 0.